The van der Waals surface area contributed by atoms with Crippen LogP contribution in [-0.4, -0.2) is 14.8 Å². The normalized spacial score (nSPS) is 15.0. The highest BCUT2D eigenvalue weighted by atomic mass is 32.2. The Bertz CT molecular complexity index is 541. The highest BCUT2D eigenvalue weighted by Crippen LogP contribution is 2.39. The second kappa shape index (κ2) is 4.76. The third-order valence-corrected chi connectivity index (χ3v) is 4.39. The van der Waals surface area contributed by atoms with E-state index in [1.165, 1.54) is 24.0 Å². The molecule has 0 N–H and O–H groups in total. The number of nitrogens with zero attached hydrogens (tertiary/aromatic N) is 3. The summed E-state index contributed by atoms with van der Waals surface area (Å²) in [7, 11) is 2.07. The fraction of sp³-hybridized carbons (Fsp3) is 0.429. The second-order valence-electron chi connectivity index (χ2n) is 4.95. The Morgan fingerprint density at radius 3 is 2.61 bits per heavy atom. The molecule has 0 bridgehead atoms. The zero-order valence-electron chi connectivity index (χ0n) is 10.8. The summed E-state index contributed by atoms with van der Waals surface area (Å²) in [4.78, 5) is 0. The van der Waals surface area contributed by atoms with Crippen molar-refractivity contribution in [3.8, 4) is 0 Å². The molecular weight excluding hydrogens is 242 g/mol. The molecular formula is C14H17N3S. The molecule has 1 aromatic carbocycles. The van der Waals surface area contributed by atoms with E-state index >= 15 is 0 Å². The van der Waals surface area contributed by atoms with Crippen molar-refractivity contribution in [2.45, 2.75) is 36.6 Å². The Hall–Kier alpha value is -1.29. The van der Waals surface area contributed by atoms with Crippen LogP contribution in [0.25, 0.3) is 0 Å². The third-order valence-electron chi connectivity index (χ3n) is 3.30. The van der Waals surface area contributed by atoms with E-state index in [9.17, 15) is 0 Å². The van der Waals surface area contributed by atoms with E-state index in [1.807, 2.05) is 0 Å². The van der Waals surface area contributed by atoms with Crippen LogP contribution in [-0.2, 0) is 12.8 Å². The van der Waals surface area contributed by atoms with E-state index in [4.69, 9.17) is 0 Å². The summed E-state index contributed by atoms with van der Waals surface area (Å²) in [6.07, 6.45) is 2.54. The zero-order chi connectivity index (χ0) is 12.5. The second-order valence-corrected chi connectivity index (χ2v) is 5.89. The Labute approximate surface area is 112 Å². The molecule has 1 heterocycles. The lowest BCUT2D eigenvalue weighted by atomic mass is 10.2. The van der Waals surface area contributed by atoms with Crippen LogP contribution in [0.5, 0.6) is 0 Å². The van der Waals surface area contributed by atoms with Gasteiger partial charge in [0.2, 0.25) is 0 Å². The first-order chi connectivity index (χ1) is 8.74. The van der Waals surface area contributed by atoms with Crippen LogP contribution in [0, 0.1) is 6.92 Å². The SMILES string of the molecule is Cc1ccc(CSc2nnc(C3CC3)n2C)cc1. The molecule has 0 aliphatic heterocycles. The van der Waals surface area contributed by atoms with Gasteiger partial charge in [-0.05, 0) is 25.3 Å². The van der Waals surface area contributed by atoms with Crippen LogP contribution >= 0.6 is 11.8 Å². The monoisotopic (exact) mass is 259 g/mol. The van der Waals surface area contributed by atoms with Crippen LogP contribution in [0.1, 0.15) is 35.7 Å². The summed E-state index contributed by atoms with van der Waals surface area (Å²) >= 11 is 1.76. The van der Waals surface area contributed by atoms with Gasteiger partial charge in [-0.25, -0.2) is 0 Å². The molecule has 3 nitrogen and oxygen atoms in total. The Morgan fingerprint density at radius 2 is 1.94 bits per heavy atom. The minimum absolute atomic E-state index is 0.663. The number of rotatable bonds is 4. The molecule has 1 aliphatic rings. The zero-order valence-corrected chi connectivity index (χ0v) is 11.6. The first kappa shape index (κ1) is 11.8. The molecule has 0 atom stereocenters. The van der Waals surface area contributed by atoms with E-state index in [1.54, 1.807) is 11.8 Å². The maximum Gasteiger partial charge on any atom is 0.191 e. The van der Waals surface area contributed by atoms with Crippen molar-refractivity contribution in [3.63, 3.8) is 0 Å². The van der Waals surface area contributed by atoms with Crippen LogP contribution in [0.3, 0.4) is 0 Å². The topological polar surface area (TPSA) is 30.7 Å². The number of hydrogen-bond donors (Lipinski definition) is 0. The maximum absolute atomic E-state index is 4.30. The van der Waals surface area contributed by atoms with Gasteiger partial charge in [0, 0.05) is 18.7 Å². The van der Waals surface area contributed by atoms with Crippen molar-refractivity contribution in [2.75, 3.05) is 0 Å². The molecule has 1 saturated carbocycles. The molecule has 0 radical (unpaired) electrons. The number of aromatic nitrogens is 3. The lowest BCUT2D eigenvalue weighted by Gasteiger charge is -2.03. The molecule has 2 aromatic rings. The van der Waals surface area contributed by atoms with E-state index in [2.05, 4.69) is 53.0 Å². The van der Waals surface area contributed by atoms with Crippen molar-refractivity contribution in [1.82, 2.24) is 14.8 Å². The molecule has 1 aliphatic carbocycles. The average molecular weight is 259 g/mol. The fourth-order valence-electron chi connectivity index (χ4n) is 1.98. The van der Waals surface area contributed by atoms with Crippen LogP contribution < -0.4 is 0 Å². The molecule has 3 rings (SSSR count). The summed E-state index contributed by atoms with van der Waals surface area (Å²) in [6, 6.07) is 8.67. The largest absolute Gasteiger partial charge is 0.309 e. The van der Waals surface area contributed by atoms with Gasteiger partial charge in [0.05, 0.1) is 0 Å². The maximum atomic E-state index is 4.30. The first-order valence-electron chi connectivity index (χ1n) is 6.31. The van der Waals surface area contributed by atoms with Crippen LogP contribution in [0.4, 0.5) is 0 Å². The molecule has 0 saturated heterocycles. The lowest BCUT2D eigenvalue weighted by molar-refractivity contribution is 0.736. The average Bonchev–Trinajstić information content (AvgIpc) is 3.14. The molecule has 18 heavy (non-hydrogen) atoms. The number of aryl methyl sites for hydroxylation is 1. The number of benzene rings is 1. The number of thioether (sulfide) groups is 1. The lowest BCUT2D eigenvalue weighted by Crippen LogP contribution is -1.97. The fourth-order valence-corrected chi connectivity index (χ4v) is 2.86. The van der Waals surface area contributed by atoms with Gasteiger partial charge in [0.1, 0.15) is 5.82 Å². The van der Waals surface area contributed by atoms with Gasteiger partial charge in [-0.1, -0.05) is 41.6 Å². The molecule has 0 amide bonds. The van der Waals surface area contributed by atoms with Crippen molar-refractivity contribution < 1.29 is 0 Å². The Balaban J connectivity index is 1.67. The van der Waals surface area contributed by atoms with Crippen molar-refractivity contribution in [2.24, 2.45) is 7.05 Å². The quantitative estimate of drug-likeness (QED) is 0.789. The van der Waals surface area contributed by atoms with Gasteiger partial charge in [-0.15, -0.1) is 10.2 Å². The van der Waals surface area contributed by atoms with Crippen LogP contribution in [0.2, 0.25) is 0 Å². The van der Waals surface area contributed by atoms with Gasteiger partial charge in [0.15, 0.2) is 5.16 Å². The standard InChI is InChI=1S/C14H17N3S/c1-10-3-5-11(6-4-10)9-18-14-16-15-13(17(14)2)12-7-8-12/h3-6,12H,7-9H2,1-2H3. The predicted molar refractivity (Wildman–Crippen MR) is 73.7 cm³/mol. The molecule has 1 aromatic heterocycles. The van der Waals surface area contributed by atoms with Crippen molar-refractivity contribution >= 4 is 11.8 Å². The molecule has 94 valence electrons. The summed E-state index contributed by atoms with van der Waals surface area (Å²) in [5.41, 5.74) is 2.64. The smallest absolute Gasteiger partial charge is 0.191 e. The minimum atomic E-state index is 0.663. The highest BCUT2D eigenvalue weighted by molar-refractivity contribution is 7.98. The van der Waals surface area contributed by atoms with E-state index in [-0.39, 0.29) is 0 Å². The minimum Gasteiger partial charge on any atom is -0.309 e. The van der Waals surface area contributed by atoms with E-state index in [0.717, 1.165) is 16.7 Å². The molecule has 1 fully saturated rings. The molecule has 4 heteroatoms. The van der Waals surface area contributed by atoms with Crippen molar-refractivity contribution in [1.29, 1.82) is 0 Å². The highest BCUT2D eigenvalue weighted by Gasteiger charge is 2.29. The Kier molecular flexibility index (Phi) is 3.12. The van der Waals surface area contributed by atoms with Gasteiger partial charge < -0.3 is 4.57 Å². The van der Waals surface area contributed by atoms with Gasteiger partial charge >= 0.3 is 0 Å². The predicted octanol–water partition coefficient (Wildman–Crippen LogP) is 3.29. The third kappa shape index (κ3) is 2.43. The van der Waals surface area contributed by atoms with Crippen molar-refractivity contribution in [3.05, 3.63) is 41.2 Å². The molecule has 0 unspecified atom stereocenters. The summed E-state index contributed by atoms with van der Waals surface area (Å²) in [5.74, 6) is 2.77. The summed E-state index contributed by atoms with van der Waals surface area (Å²) in [5, 5.41) is 9.61. The van der Waals surface area contributed by atoms with Gasteiger partial charge in [-0.3, -0.25) is 0 Å². The number of hydrogen-bond acceptors (Lipinski definition) is 3. The summed E-state index contributed by atoms with van der Waals surface area (Å²) in [6.45, 7) is 2.11. The Morgan fingerprint density at radius 1 is 1.22 bits per heavy atom. The van der Waals surface area contributed by atoms with Crippen LogP contribution in [0.15, 0.2) is 29.4 Å². The van der Waals surface area contributed by atoms with Gasteiger partial charge in [-0.2, -0.15) is 0 Å². The van der Waals surface area contributed by atoms with E-state index < -0.39 is 0 Å². The van der Waals surface area contributed by atoms with Gasteiger partial charge in [0.25, 0.3) is 0 Å². The molecule has 0 spiro atoms. The first-order valence-corrected chi connectivity index (χ1v) is 7.30. The van der Waals surface area contributed by atoms with E-state index in [0.29, 0.717) is 5.92 Å². The summed E-state index contributed by atoms with van der Waals surface area (Å²) < 4.78 is 2.15.